The average molecular weight is 142 g/mol. The first-order valence-corrected chi connectivity index (χ1v) is 3.25. The summed E-state index contributed by atoms with van der Waals surface area (Å²) in [6, 6.07) is 0.151. The summed E-state index contributed by atoms with van der Waals surface area (Å²) in [6.45, 7) is 0.812. The van der Waals surface area contributed by atoms with Gasteiger partial charge >= 0.3 is 0 Å². The van der Waals surface area contributed by atoms with Crippen LogP contribution in [0.2, 0.25) is 0 Å². The monoisotopic (exact) mass is 142 g/mol. The second-order valence-electron chi connectivity index (χ2n) is 2.38. The third kappa shape index (κ3) is 1.60. The van der Waals surface area contributed by atoms with Crippen LogP contribution in [0, 0.1) is 0 Å². The third-order valence-electron chi connectivity index (χ3n) is 1.63. The average Bonchev–Trinajstić information content (AvgIpc) is 2.37. The number of nitrogens with zero attached hydrogens (tertiary/aromatic N) is 3. The fraction of sp³-hybridized carbons (Fsp3) is 1.00. The maximum absolute atomic E-state index is 8.65. The van der Waals surface area contributed by atoms with Crippen molar-refractivity contribution in [2.45, 2.75) is 18.5 Å². The lowest BCUT2D eigenvalue weighted by molar-refractivity contribution is 0.254. The highest BCUT2D eigenvalue weighted by atomic mass is 16.3. The fourth-order valence-electron chi connectivity index (χ4n) is 1.10. The summed E-state index contributed by atoms with van der Waals surface area (Å²) in [7, 11) is 0. The molecule has 2 atom stereocenters. The van der Waals surface area contributed by atoms with Crippen LogP contribution in [0.5, 0.6) is 0 Å². The first-order chi connectivity index (χ1) is 4.86. The number of hydrogen-bond acceptors (Lipinski definition) is 3. The molecule has 1 rings (SSSR count). The van der Waals surface area contributed by atoms with Crippen molar-refractivity contribution < 1.29 is 5.11 Å². The molecule has 0 saturated carbocycles. The molecular formula is C5H10N4O. The van der Waals surface area contributed by atoms with Gasteiger partial charge in [0, 0.05) is 17.5 Å². The van der Waals surface area contributed by atoms with E-state index in [4.69, 9.17) is 10.6 Å². The van der Waals surface area contributed by atoms with Crippen molar-refractivity contribution in [1.29, 1.82) is 0 Å². The molecular weight excluding hydrogens is 132 g/mol. The predicted octanol–water partition coefficient (Wildman–Crippen LogP) is 0.0195. The fourth-order valence-corrected chi connectivity index (χ4v) is 1.10. The molecule has 0 bridgehead atoms. The van der Waals surface area contributed by atoms with Gasteiger partial charge in [-0.25, -0.2) is 0 Å². The first kappa shape index (κ1) is 7.34. The van der Waals surface area contributed by atoms with Crippen LogP contribution in [0.4, 0.5) is 0 Å². The Hall–Kier alpha value is -0.770. The molecule has 2 N–H and O–H groups in total. The molecule has 1 heterocycles. The normalized spacial score (nSPS) is 31.7. The lowest BCUT2D eigenvalue weighted by atomic mass is 10.2. The Morgan fingerprint density at radius 2 is 2.60 bits per heavy atom. The van der Waals surface area contributed by atoms with E-state index in [0.717, 1.165) is 6.42 Å². The van der Waals surface area contributed by atoms with E-state index in [0.29, 0.717) is 6.54 Å². The second kappa shape index (κ2) is 3.41. The number of aliphatic hydroxyl groups is 1. The summed E-state index contributed by atoms with van der Waals surface area (Å²) >= 11 is 0. The molecule has 1 fully saturated rings. The van der Waals surface area contributed by atoms with Gasteiger partial charge in [0.25, 0.3) is 0 Å². The topological polar surface area (TPSA) is 81.0 Å². The second-order valence-corrected chi connectivity index (χ2v) is 2.38. The summed E-state index contributed by atoms with van der Waals surface area (Å²) in [6.07, 6.45) is 0.751. The lowest BCUT2D eigenvalue weighted by Gasteiger charge is -2.02. The maximum Gasteiger partial charge on any atom is 0.0584 e. The maximum atomic E-state index is 8.65. The Morgan fingerprint density at radius 3 is 3.10 bits per heavy atom. The van der Waals surface area contributed by atoms with Crippen LogP contribution < -0.4 is 5.32 Å². The molecule has 1 aliphatic heterocycles. The Labute approximate surface area is 58.7 Å². The predicted molar refractivity (Wildman–Crippen MR) is 36.4 cm³/mol. The van der Waals surface area contributed by atoms with E-state index in [1.807, 2.05) is 0 Å². The molecule has 0 radical (unpaired) electrons. The van der Waals surface area contributed by atoms with Crippen molar-refractivity contribution in [3.8, 4) is 0 Å². The van der Waals surface area contributed by atoms with Gasteiger partial charge in [-0.2, -0.15) is 0 Å². The van der Waals surface area contributed by atoms with E-state index >= 15 is 0 Å². The van der Waals surface area contributed by atoms with Gasteiger partial charge in [0.05, 0.1) is 12.6 Å². The van der Waals surface area contributed by atoms with Crippen LogP contribution in [-0.2, 0) is 0 Å². The van der Waals surface area contributed by atoms with E-state index < -0.39 is 0 Å². The molecule has 0 aromatic heterocycles. The molecule has 0 spiro atoms. The van der Waals surface area contributed by atoms with Crippen molar-refractivity contribution in [2.75, 3.05) is 13.2 Å². The molecule has 2 unspecified atom stereocenters. The van der Waals surface area contributed by atoms with E-state index in [1.165, 1.54) is 0 Å². The van der Waals surface area contributed by atoms with Crippen LogP contribution in [0.3, 0.4) is 0 Å². The zero-order valence-corrected chi connectivity index (χ0v) is 5.56. The summed E-state index contributed by atoms with van der Waals surface area (Å²) in [4.78, 5) is 2.69. The van der Waals surface area contributed by atoms with Crippen molar-refractivity contribution in [3.63, 3.8) is 0 Å². The Balaban J connectivity index is 2.35. The minimum absolute atomic E-state index is 0.0298. The van der Waals surface area contributed by atoms with Crippen LogP contribution in [0.15, 0.2) is 5.11 Å². The zero-order valence-electron chi connectivity index (χ0n) is 5.56. The quantitative estimate of drug-likeness (QED) is 0.323. The van der Waals surface area contributed by atoms with Gasteiger partial charge in [-0.3, -0.25) is 0 Å². The van der Waals surface area contributed by atoms with E-state index in [9.17, 15) is 0 Å². The van der Waals surface area contributed by atoms with Crippen LogP contribution >= 0.6 is 0 Å². The highest BCUT2D eigenvalue weighted by Gasteiger charge is 2.21. The van der Waals surface area contributed by atoms with Gasteiger partial charge in [0.2, 0.25) is 0 Å². The van der Waals surface area contributed by atoms with E-state index in [-0.39, 0.29) is 18.7 Å². The number of hydrogen-bond donors (Lipinski definition) is 2. The van der Waals surface area contributed by atoms with Crippen molar-refractivity contribution >= 4 is 0 Å². The highest BCUT2D eigenvalue weighted by molar-refractivity contribution is 4.85. The van der Waals surface area contributed by atoms with Crippen LogP contribution in [-0.4, -0.2) is 30.3 Å². The molecule has 1 saturated heterocycles. The molecule has 0 amide bonds. The summed E-state index contributed by atoms with van der Waals surface area (Å²) in [5.74, 6) is 0. The number of azide groups is 1. The Morgan fingerprint density at radius 1 is 1.80 bits per heavy atom. The minimum atomic E-state index is 0.0298. The highest BCUT2D eigenvalue weighted by Crippen LogP contribution is 2.09. The van der Waals surface area contributed by atoms with E-state index in [2.05, 4.69) is 15.3 Å². The van der Waals surface area contributed by atoms with Crippen LogP contribution in [0.1, 0.15) is 6.42 Å². The summed E-state index contributed by atoms with van der Waals surface area (Å²) in [5.41, 5.74) is 8.05. The molecule has 5 nitrogen and oxygen atoms in total. The largest absolute Gasteiger partial charge is 0.395 e. The van der Waals surface area contributed by atoms with Gasteiger partial charge in [0.15, 0.2) is 0 Å². The smallest absolute Gasteiger partial charge is 0.0584 e. The Kier molecular flexibility index (Phi) is 2.50. The standard InChI is InChI=1S/C5H10N4O/c6-9-8-4-1-5(3-10)7-2-4/h4-5,7,10H,1-3H2. The van der Waals surface area contributed by atoms with Crippen molar-refractivity contribution in [3.05, 3.63) is 10.4 Å². The number of nitrogens with one attached hydrogen (secondary N) is 1. The third-order valence-corrected chi connectivity index (χ3v) is 1.63. The molecule has 56 valence electrons. The Bertz CT molecular complexity index is 154. The molecule has 0 aromatic rings. The van der Waals surface area contributed by atoms with Crippen molar-refractivity contribution in [2.24, 2.45) is 5.11 Å². The van der Waals surface area contributed by atoms with Gasteiger partial charge in [0.1, 0.15) is 0 Å². The minimum Gasteiger partial charge on any atom is -0.395 e. The van der Waals surface area contributed by atoms with Gasteiger partial charge in [-0.15, -0.1) is 0 Å². The van der Waals surface area contributed by atoms with E-state index in [1.54, 1.807) is 0 Å². The number of aliphatic hydroxyl groups excluding tert-OH is 1. The molecule has 0 aromatic carbocycles. The zero-order chi connectivity index (χ0) is 7.40. The van der Waals surface area contributed by atoms with Gasteiger partial charge in [-0.05, 0) is 12.0 Å². The van der Waals surface area contributed by atoms with Crippen LogP contribution in [0.25, 0.3) is 10.4 Å². The SMILES string of the molecule is [N-]=[N+]=NC1CNC(CO)C1. The first-order valence-electron chi connectivity index (χ1n) is 3.25. The van der Waals surface area contributed by atoms with Gasteiger partial charge < -0.3 is 10.4 Å². The molecule has 0 aliphatic carbocycles. The molecule has 1 aliphatic rings. The van der Waals surface area contributed by atoms with Gasteiger partial charge in [-0.1, -0.05) is 5.11 Å². The summed E-state index contributed by atoms with van der Waals surface area (Å²) in [5, 5.41) is 15.2. The molecule has 10 heavy (non-hydrogen) atoms. The van der Waals surface area contributed by atoms with Crippen molar-refractivity contribution in [1.82, 2.24) is 5.32 Å². The lowest BCUT2D eigenvalue weighted by Crippen LogP contribution is -2.24. The summed E-state index contributed by atoms with van der Waals surface area (Å²) < 4.78 is 0. The number of rotatable bonds is 2. The molecule has 5 heteroatoms.